The lowest BCUT2D eigenvalue weighted by Crippen LogP contribution is -2.44. The first-order chi connectivity index (χ1) is 6.20. The van der Waals surface area contributed by atoms with E-state index in [0.717, 1.165) is 0 Å². The summed E-state index contributed by atoms with van der Waals surface area (Å²) in [4.78, 5) is 20.0. The van der Waals surface area contributed by atoms with Gasteiger partial charge in [0.15, 0.2) is 0 Å². The third kappa shape index (κ3) is 1.74. The molecule has 70 valence electrons. The molecule has 0 atom stereocenters. The number of hydrogen-bond donors (Lipinski definition) is 0. The molecule has 0 aromatic carbocycles. The van der Waals surface area contributed by atoms with E-state index < -0.39 is 5.97 Å². The van der Waals surface area contributed by atoms with Gasteiger partial charge in [-0.15, -0.1) is 0 Å². The Morgan fingerprint density at radius 3 is 2.77 bits per heavy atom. The molecule has 1 heterocycles. The van der Waals surface area contributed by atoms with Gasteiger partial charge in [-0.25, -0.2) is 9.78 Å². The molecule has 5 heteroatoms. The normalized spacial score (nSPS) is 9.46. The molecule has 0 unspecified atom stereocenters. The zero-order valence-corrected chi connectivity index (χ0v) is 7.77. The molecule has 0 bridgehead atoms. The summed E-state index contributed by atoms with van der Waals surface area (Å²) in [5, 5.41) is 0. The molecule has 1 aromatic heterocycles. The summed E-state index contributed by atoms with van der Waals surface area (Å²) in [7, 11) is 2.82. The first kappa shape index (κ1) is 9.44. The Kier molecular flexibility index (Phi) is 2.79. The maximum atomic E-state index is 11.1. The standard InChI is InChI=1S/C8H11N2O3/c1-6-7(8(11)12-2)9-4-5-10(6)13-3/h4-5H,1-3H3/q+1. The highest BCUT2D eigenvalue weighted by atomic mass is 16.6. The molecule has 0 radical (unpaired) electrons. The Morgan fingerprint density at radius 1 is 1.54 bits per heavy atom. The van der Waals surface area contributed by atoms with Crippen LogP contribution in [0.2, 0.25) is 0 Å². The number of rotatable bonds is 2. The van der Waals surface area contributed by atoms with Gasteiger partial charge < -0.3 is 4.74 Å². The minimum Gasteiger partial charge on any atom is -0.464 e. The molecule has 13 heavy (non-hydrogen) atoms. The van der Waals surface area contributed by atoms with Gasteiger partial charge in [0.25, 0.3) is 5.69 Å². The number of nitrogens with zero attached hydrogens (tertiary/aromatic N) is 2. The van der Waals surface area contributed by atoms with Crippen LogP contribution in [0.4, 0.5) is 0 Å². The van der Waals surface area contributed by atoms with E-state index in [4.69, 9.17) is 4.84 Å². The van der Waals surface area contributed by atoms with Crippen LogP contribution in [0.3, 0.4) is 0 Å². The van der Waals surface area contributed by atoms with E-state index in [2.05, 4.69) is 9.72 Å². The van der Waals surface area contributed by atoms with Crippen LogP contribution >= 0.6 is 0 Å². The van der Waals surface area contributed by atoms with Crippen LogP contribution in [-0.4, -0.2) is 25.2 Å². The van der Waals surface area contributed by atoms with Crippen molar-refractivity contribution in [2.24, 2.45) is 0 Å². The highest BCUT2D eigenvalue weighted by molar-refractivity contribution is 5.87. The molecule has 0 saturated heterocycles. The second-order valence-corrected chi connectivity index (χ2v) is 2.36. The number of carbonyl (C=O) groups is 1. The van der Waals surface area contributed by atoms with E-state index in [0.29, 0.717) is 5.69 Å². The molecule has 1 rings (SSSR count). The van der Waals surface area contributed by atoms with Gasteiger partial charge in [0.1, 0.15) is 7.11 Å². The quantitative estimate of drug-likeness (QED) is 0.459. The van der Waals surface area contributed by atoms with Gasteiger partial charge in [-0.3, -0.25) is 4.84 Å². The Bertz CT molecular complexity index is 325. The third-order valence-corrected chi connectivity index (χ3v) is 1.65. The molecule has 0 aliphatic carbocycles. The average Bonchev–Trinajstić information content (AvgIpc) is 2.17. The second kappa shape index (κ2) is 3.84. The first-order valence-electron chi connectivity index (χ1n) is 3.70. The number of esters is 1. The minimum atomic E-state index is -0.469. The average molecular weight is 183 g/mol. The van der Waals surface area contributed by atoms with E-state index in [1.54, 1.807) is 13.1 Å². The van der Waals surface area contributed by atoms with Crippen molar-refractivity contribution in [3.63, 3.8) is 0 Å². The van der Waals surface area contributed by atoms with E-state index >= 15 is 0 Å². The molecule has 0 fully saturated rings. The first-order valence-corrected chi connectivity index (χ1v) is 3.70. The van der Waals surface area contributed by atoms with E-state index in [1.807, 2.05) is 0 Å². The van der Waals surface area contributed by atoms with Crippen LogP contribution < -0.4 is 9.57 Å². The molecule has 0 saturated carbocycles. The Balaban J connectivity index is 3.15. The van der Waals surface area contributed by atoms with Gasteiger partial charge in [0.05, 0.1) is 13.3 Å². The van der Waals surface area contributed by atoms with Gasteiger partial charge in [-0.05, 0) is 0 Å². The summed E-state index contributed by atoms with van der Waals surface area (Å²) in [6.45, 7) is 1.72. The van der Waals surface area contributed by atoms with E-state index in [1.165, 1.54) is 25.1 Å². The van der Waals surface area contributed by atoms with Crippen molar-refractivity contribution in [3.05, 3.63) is 23.8 Å². The smallest absolute Gasteiger partial charge is 0.363 e. The monoisotopic (exact) mass is 183 g/mol. The van der Waals surface area contributed by atoms with Crippen LogP contribution in [0.25, 0.3) is 0 Å². The van der Waals surface area contributed by atoms with Crippen molar-refractivity contribution < 1.29 is 19.1 Å². The summed E-state index contributed by atoms with van der Waals surface area (Å²) in [5.41, 5.74) is 0.865. The van der Waals surface area contributed by atoms with E-state index in [-0.39, 0.29) is 5.69 Å². The topological polar surface area (TPSA) is 52.3 Å². The predicted octanol–water partition coefficient (Wildman–Crippen LogP) is -0.477. The fraction of sp³-hybridized carbons (Fsp3) is 0.375. The highest BCUT2D eigenvalue weighted by Gasteiger charge is 2.20. The lowest BCUT2D eigenvalue weighted by molar-refractivity contribution is -0.890. The minimum absolute atomic E-state index is 0.256. The molecular formula is C8H11N2O3+. The fourth-order valence-corrected chi connectivity index (χ4v) is 0.973. The van der Waals surface area contributed by atoms with Crippen molar-refractivity contribution >= 4 is 5.97 Å². The summed E-state index contributed by atoms with van der Waals surface area (Å²) in [5.74, 6) is -0.469. The molecule has 0 aliphatic rings. The number of ether oxygens (including phenoxy) is 1. The Hall–Kier alpha value is -1.65. The van der Waals surface area contributed by atoms with Crippen molar-refractivity contribution in [2.75, 3.05) is 14.2 Å². The third-order valence-electron chi connectivity index (χ3n) is 1.65. The lowest BCUT2D eigenvalue weighted by atomic mass is 10.3. The number of carbonyl (C=O) groups excluding carboxylic acids is 1. The van der Waals surface area contributed by atoms with Crippen LogP contribution in [0.1, 0.15) is 16.2 Å². The zero-order valence-electron chi connectivity index (χ0n) is 7.77. The van der Waals surface area contributed by atoms with Gasteiger partial charge >= 0.3 is 5.97 Å². The predicted molar refractivity (Wildman–Crippen MR) is 43.0 cm³/mol. The molecule has 0 amide bonds. The van der Waals surface area contributed by atoms with Crippen molar-refractivity contribution in [1.29, 1.82) is 0 Å². The molecule has 0 spiro atoms. The summed E-state index contributed by atoms with van der Waals surface area (Å²) < 4.78 is 5.99. The van der Waals surface area contributed by atoms with E-state index in [9.17, 15) is 4.79 Å². The van der Waals surface area contributed by atoms with Crippen LogP contribution in [0, 0.1) is 6.92 Å². The molecule has 1 aromatic rings. The van der Waals surface area contributed by atoms with Gasteiger partial charge in [0.2, 0.25) is 11.9 Å². The summed E-state index contributed by atoms with van der Waals surface area (Å²) in [6.07, 6.45) is 3.09. The SMILES string of the molecule is COC(=O)c1ncc[n+](OC)c1C. The maximum Gasteiger partial charge on any atom is 0.363 e. The molecular weight excluding hydrogens is 172 g/mol. The fourth-order valence-electron chi connectivity index (χ4n) is 0.973. The molecule has 5 nitrogen and oxygen atoms in total. The number of aromatic nitrogens is 2. The lowest BCUT2D eigenvalue weighted by Gasteiger charge is -1.99. The van der Waals surface area contributed by atoms with Crippen molar-refractivity contribution in [1.82, 2.24) is 4.98 Å². The number of methoxy groups -OCH3 is 1. The van der Waals surface area contributed by atoms with Crippen molar-refractivity contribution in [2.45, 2.75) is 6.92 Å². The number of hydrogen-bond acceptors (Lipinski definition) is 4. The highest BCUT2D eigenvalue weighted by Crippen LogP contribution is 1.98. The van der Waals surface area contributed by atoms with Crippen LogP contribution in [-0.2, 0) is 4.74 Å². The molecule has 0 aliphatic heterocycles. The second-order valence-electron chi connectivity index (χ2n) is 2.36. The zero-order chi connectivity index (χ0) is 9.84. The van der Waals surface area contributed by atoms with Crippen LogP contribution in [0.5, 0.6) is 0 Å². The van der Waals surface area contributed by atoms with Crippen LogP contribution in [0.15, 0.2) is 12.4 Å². The summed E-state index contributed by atoms with van der Waals surface area (Å²) in [6, 6.07) is 0. The van der Waals surface area contributed by atoms with Gasteiger partial charge in [0, 0.05) is 11.7 Å². The molecule has 0 N–H and O–H groups in total. The largest absolute Gasteiger partial charge is 0.464 e. The van der Waals surface area contributed by atoms with Gasteiger partial charge in [-0.2, -0.15) is 0 Å². The summed E-state index contributed by atoms with van der Waals surface area (Å²) >= 11 is 0. The van der Waals surface area contributed by atoms with Crippen molar-refractivity contribution in [3.8, 4) is 0 Å². The Morgan fingerprint density at radius 2 is 2.23 bits per heavy atom. The maximum absolute atomic E-state index is 11.1. The van der Waals surface area contributed by atoms with Gasteiger partial charge in [-0.1, -0.05) is 0 Å². The Labute approximate surface area is 75.9 Å².